The van der Waals surface area contributed by atoms with E-state index in [9.17, 15) is 9.18 Å². The summed E-state index contributed by atoms with van der Waals surface area (Å²) in [6.45, 7) is 8.24. The van der Waals surface area contributed by atoms with Crippen LogP contribution < -0.4 is 5.32 Å². The molecule has 26 heavy (non-hydrogen) atoms. The zero-order valence-corrected chi connectivity index (χ0v) is 16.7. The molecule has 3 rings (SSSR count). The van der Waals surface area contributed by atoms with Crippen molar-refractivity contribution in [2.75, 3.05) is 0 Å². The zero-order valence-electron chi connectivity index (χ0n) is 15.1. The fraction of sp³-hybridized carbons (Fsp3) is 0.316. The minimum Gasteiger partial charge on any atom is -0.351 e. The minimum absolute atomic E-state index is 0.0756. The van der Waals surface area contributed by atoms with E-state index in [0.29, 0.717) is 12.4 Å². The van der Waals surface area contributed by atoms with E-state index >= 15 is 0 Å². The fourth-order valence-corrected chi connectivity index (χ4v) is 4.77. The lowest BCUT2D eigenvalue weighted by atomic mass is 10.2. The summed E-state index contributed by atoms with van der Waals surface area (Å²) in [7, 11) is 0. The molecule has 3 aromatic rings. The van der Waals surface area contributed by atoms with Crippen LogP contribution in [0, 0.1) is 26.6 Å². The van der Waals surface area contributed by atoms with Gasteiger partial charge >= 0.3 is 0 Å². The molecule has 1 amide bonds. The van der Waals surface area contributed by atoms with Crippen molar-refractivity contribution in [3.05, 3.63) is 51.9 Å². The van der Waals surface area contributed by atoms with Gasteiger partial charge in [-0.2, -0.15) is 0 Å². The third-order valence-corrected chi connectivity index (χ3v) is 6.33. The number of nitrogens with one attached hydrogen (secondary N) is 1. The van der Waals surface area contributed by atoms with Gasteiger partial charge in [-0.25, -0.2) is 14.4 Å². The highest BCUT2D eigenvalue weighted by atomic mass is 32.2. The minimum atomic E-state index is -0.299. The molecule has 0 aliphatic carbocycles. The predicted octanol–water partition coefficient (Wildman–Crippen LogP) is 4.55. The lowest BCUT2D eigenvalue weighted by molar-refractivity contribution is -0.120. The molecule has 7 heteroatoms. The summed E-state index contributed by atoms with van der Waals surface area (Å²) in [4.78, 5) is 23.7. The second kappa shape index (κ2) is 7.72. The predicted molar refractivity (Wildman–Crippen MR) is 105 cm³/mol. The molecule has 0 saturated carbocycles. The molecular formula is C19H20FN3OS2. The summed E-state index contributed by atoms with van der Waals surface area (Å²) in [6.07, 6.45) is 0. The molecule has 0 bridgehead atoms. The summed E-state index contributed by atoms with van der Waals surface area (Å²) in [5.74, 6) is 0.349. The van der Waals surface area contributed by atoms with Crippen molar-refractivity contribution in [2.24, 2.45) is 0 Å². The first kappa shape index (κ1) is 18.8. The highest BCUT2D eigenvalue weighted by Crippen LogP contribution is 2.36. The third-order valence-electron chi connectivity index (χ3n) is 4.14. The lowest BCUT2D eigenvalue weighted by Crippen LogP contribution is -2.30. The number of rotatable bonds is 5. The first-order valence-electron chi connectivity index (χ1n) is 8.28. The maximum atomic E-state index is 12.9. The Labute approximate surface area is 160 Å². The van der Waals surface area contributed by atoms with Crippen LogP contribution in [0.5, 0.6) is 0 Å². The topological polar surface area (TPSA) is 54.9 Å². The lowest BCUT2D eigenvalue weighted by Gasteiger charge is -2.13. The highest BCUT2D eigenvalue weighted by Gasteiger charge is 2.20. The van der Waals surface area contributed by atoms with Crippen LogP contribution in [0.3, 0.4) is 0 Å². The number of nitrogens with zero attached hydrogens (tertiary/aromatic N) is 2. The number of aromatic nitrogens is 2. The third kappa shape index (κ3) is 4.04. The van der Waals surface area contributed by atoms with Crippen molar-refractivity contribution in [2.45, 2.75) is 44.5 Å². The largest absolute Gasteiger partial charge is 0.351 e. The van der Waals surface area contributed by atoms with Gasteiger partial charge in [0.15, 0.2) is 0 Å². The Morgan fingerprint density at radius 1 is 1.23 bits per heavy atom. The quantitative estimate of drug-likeness (QED) is 0.514. The smallest absolute Gasteiger partial charge is 0.233 e. The molecule has 1 atom stereocenters. The molecule has 4 nitrogen and oxygen atoms in total. The first-order chi connectivity index (χ1) is 12.3. The van der Waals surface area contributed by atoms with Crippen molar-refractivity contribution in [3.63, 3.8) is 0 Å². The molecule has 1 N–H and O–H groups in total. The Kier molecular flexibility index (Phi) is 5.58. The number of carbonyl (C=O) groups excluding carboxylic acids is 1. The molecule has 0 aliphatic rings. The van der Waals surface area contributed by atoms with E-state index in [1.807, 2.05) is 13.8 Å². The van der Waals surface area contributed by atoms with E-state index in [1.54, 1.807) is 23.5 Å². The average molecular weight is 390 g/mol. The molecular weight excluding hydrogens is 369 g/mol. The van der Waals surface area contributed by atoms with Crippen molar-refractivity contribution >= 4 is 39.2 Å². The number of thioether (sulfide) groups is 1. The SMILES string of the molecule is Cc1nc(S[C@H](C)C(=O)NCc2ccc(F)cc2)c2c(C)c(C)sc2n1. The van der Waals surface area contributed by atoms with Crippen LogP contribution in [0.15, 0.2) is 29.3 Å². The van der Waals surface area contributed by atoms with Crippen molar-refractivity contribution in [1.29, 1.82) is 0 Å². The van der Waals surface area contributed by atoms with Crippen molar-refractivity contribution < 1.29 is 9.18 Å². The second-order valence-corrected chi connectivity index (χ2v) is 8.68. The monoisotopic (exact) mass is 389 g/mol. The molecule has 0 aliphatic heterocycles. The molecule has 2 aromatic heterocycles. The van der Waals surface area contributed by atoms with E-state index in [1.165, 1.54) is 34.3 Å². The van der Waals surface area contributed by atoms with Crippen molar-refractivity contribution in [1.82, 2.24) is 15.3 Å². The van der Waals surface area contributed by atoms with Crippen LogP contribution in [-0.2, 0) is 11.3 Å². The van der Waals surface area contributed by atoms with Gasteiger partial charge < -0.3 is 5.32 Å². The van der Waals surface area contributed by atoms with Crippen LogP contribution in [0.25, 0.3) is 10.2 Å². The summed E-state index contributed by atoms with van der Waals surface area (Å²) >= 11 is 3.10. The Balaban J connectivity index is 1.73. The van der Waals surface area contributed by atoms with Gasteiger partial charge in [-0.3, -0.25) is 4.79 Å². The molecule has 136 valence electrons. The number of benzene rings is 1. The zero-order chi connectivity index (χ0) is 18.8. The van der Waals surface area contributed by atoms with Crippen LogP contribution in [0.4, 0.5) is 4.39 Å². The number of hydrogen-bond donors (Lipinski definition) is 1. The van der Waals surface area contributed by atoms with Gasteiger partial charge in [-0.1, -0.05) is 23.9 Å². The van der Waals surface area contributed by atoms with E-state index < -0.39 is 0 Å². The summed E-state index contributed by atoms with van der Waals surface area (Å²) in [5, 5.41) is 4.49. The average Bonchev–Trinajstić information content (AvgIpc) is 2.88. The number of halogens is 1. The normalized spacial score (nSPS) is 12.3. The number of carbonyl (C=O) groups is 1. The summed E-state index contributed by atoms with van der Waals surface area (Å²) in [6, 6.07) is 6.12. The van der Waals surface area contributed by atoms with Crippen molar-refractivity contribution in [3.8, 4) is 0 Å². The van der Waals surface area contributed by atoms with Crippen LogP contribution in [0.2, 0.25) is 0 Å². The van der Waals surface area contributed by atoms with E-state index in [2.05, 4.69) is 29.1 Å². The fourth-order valence-electron chi connectivity index (χ4n) is 2.56. The second-order valence-electron chi connectivity index (χ2n) is 6.14. The van der Waals surface area contributed by atoms with Crippen LogP contribution in [-0.4, -0.2) is 21.1 Å². The Bertz CT molecular complexity index is 954. The summed E-state index contributed by atoms with van der Waals surface area (Å²) < 4.78 is 12.9. The maximum absolute atomic E-state index is 12.9. The Morgan fingerprint density at radius 3 is 2.62 bits per heavy atom. The van der Waals surface area contributed by atoms with Gasteiger partial charge in [0.2, 0.25) is 5.91 Å². The maximum Gasteiger partial charge on any atom is 0.233 e. The van der Waals surface area contributed by atoms with Gasteiger partial charge in [-0.05, 0) is 51.0 Å². The number of hydrogen-bond acceptors (Lipinski definition) is 5. The van der Waals surface area contributed by atoms with E-state index in [-0.39, 0.29) is 17.0 Å². The molecule has 0 fully saturated rings. The van der Waals surface area contributed by atoms with Gasteiger partial charge in [0.1, 0.15) is 21.5 Å². The highest BCUT2D eigenvalue weighted by molar-refractivity contribution is 8.00. The first-order valence-corrected chi connectivity index (χ1v) is 9.98. The van der Waals surface area contributed by atoms with E-state index in [4.69, 9.17) is 0 Å². The van der Waals surface area contributed by atoms with Gasteiger partial charge in [0.25, 0.3) is 0 Å². The van der Waals surface area contributed by atoms with E-state index in [0.717, 1.165) is 20.8 Å². The molecule has 0 saturated heterocycles. The van der Waals surface area contributed by atoms with Crippen LogP contribution in [0.1, 0.15) is 28.8 Å². The standard InChI is InChI=1S/C19H20FN3OS2/c1-10-11(2)25-18-16(10)19(23-13(4)22-18)26-12(3)17(24)21-9-14-5-7-15(20)8-6-14/h5-8,12H,9H2,1-4H3,(H,21,24)/t12-/m1/s1. The van der Waals surface area contributed by atoms with Gasteiger partial charge in [0, 0.05) is 16.8 Å². The molecule has 0 radical (unpaired) electrons. The van der Waals surface area contributed by atoms with Gasteiger partial charge in [0.05, 0.1) is 5.25 Å². The number of amides is 1. The number of fused-ring (bicyclic) bond motifs is 1. The molecule has 2 heterocycles. The van der Waals surface area contributed by atoms with Crippen LogP contribution >= 0.6 is 23.1 Å². The molecule has 1 aromatic carbocycles. The Hall–Kier alpha value is -1.99. The molecule has 0 spiro atoms. The summed E-state index contributed by atoms with van der Waals surface area (Å²) in [5.41, 5.74) is 2.04. The Morgan fingerprint density at radius 2 is 1.92 bits per heavy atom. The number of aryl methyl sites for hydroxylation is 3. The number of thiophene rings is 1. The van der Waals surface area contributed by atoms with Gasteiger partial charge in [-0.15, -0.1) is 11.3 Å². The molecule has 0 unspecified atom stereocenters.